The molecule has 1 amide bonds. The number of aromatic nitrogens is 4. The Morgan fingerprint density at radius 2 is 2.07 bits per heavy atom. The fraction of sp³-hybridized carbons (Fsp3) is 0.579. The summed E-state index contributed by atoms with van der Waals surface area (Å²) in [6, 6.07) is 0.202. The SMILES string of the molecule is Cc1ncc(CC(=O)N2C[C@@H]3CC[C@H]2CN(Cc2nc[nH]c2C)C3)c(=O)[nH]1. The zero-order chi connectivity index (χ0) is 19.0. The minimum absolute atomic E-state index is 0.0265. The Hall–Kier alpha value is -2.48. The first-order valence-electron chi connectivity index (χ1n) is 9.55. The third-order valence-electron chi connectivity index (χ3n) is 5.76. The zero-order valence-corrected chi connectivity index (χ0v) is 15.9. The number of aryl methyl sites for hydroxylation is 2. The number of rotatable bonds is 4. The van der Waals surface area contributed by atoms with Crippen LogP contribution in [-0.2, 0) is 17.8 Å². The molecule has 3 aliphatic rings. The number of carbonyl (C=O) groups excluding carboxylic acids is 1. The summed E-state index contributed by atoms with van der Waals surface area (Å²) in [6.45, 7) is 7.20. The molecule has 5 rings (SSSR count). The van der Waals surface area contributed by atoms with Gasteiger partial charge in [0.2, 0.25) is 5.91 Å². The van der Waals surface area contributed by atoms with Crippen molar-refractivity contribution in [3.63, 3.8) is 0 Å². The molecule has 0 radical (unpaired) electrons. The van der Waals surface area contributed by atoms with Gasteiger partial charge < -0.3 is 14.9 Å². The van der Waals surface area contributed by atoms with Crippen molar-refractivity contribution >= 4 is 5.91 Å². The van der Waals surface area contributed by atoms with Crippen LogP contribution >= 0.6 is 0 Å². The lowest BCUT2D eigenvalue weighted by atomic mass is 9.94. The smallest absolute Gasteiger partial charge is 0.254 e. The first-order chi connectivity index (χ1) is 13.0. The van der Waals surface area contributed by atoms with Gasteiger partial charge in [0.1, 0.15) is 5.82 Å². The molecule has 27 heavy (non-hydrogen) atoms. The minimum atomic E-state index is -0.216. The molecule has 3 aliphatic heterocycles. The van der Waals surface area contributed by atoms with Crippen LogP contribution in [0.5, 0.6) is 0 Å². The fourth-order valence-corrected chi connectivity index (χ4v) is 4.27. The van der Waals surface area contributed by atoms with Gasteiger partial charge in [0, 0.05) is 49.7 Å². The molecule has 8 heteroatoms. The van der Waals surface area contributed by atoms with Crippen molar-refractivity contribution in [3.8, 4) is 0 Å². The van der Waals surface area contributed by atoms with E-state index < -0.39 is 0 Å². The van der Waals surface area contributed by atoms with Crippen molar-refractivity contribution in [2.75, 3.05) is 19.6 Å². The molecule has 0 spiro atoms. The Bertz CT molecular complexity index is 888. The summed E-state index contributed by atoms with van der Waals surface area (Å²) in [5.74, 6) is 1.06. The van der Waals surface area contributed by atoms with E-state index in [4.69, 9.17) is 0 Å². The Morgan fingerprint density at radius 3 is 2.81 bits per heavy atom. The number of hydrogen-bond donors (Lipinski definition) is 2. The van der Waals surface area contributed by atoms with Crippen molar-refractivity contribution in [1.82, 2.24) is 29.7 Å². The average Bonchev–Trinajstić information content (AvgIpc) is 2.84. The number of amides is 1. The second kappa shape index (κ2) is 7.26. The third-order valence-corrected chi connectivity index (χ3v) is 5.76. The Kier molecular flexibility index (Phi) is 4.82. The van der Waals surface area contributed by atoms with Crippen molar-refractivity contribution in [2.45, 2.75) is 45.7 Å². The molecule has 2 N–H and O–H groups in total. The Morgan fingerprint density at radius 1 is 1.22 bits per heavy atom. The number of nitrogens with zero attached hydrogens (tertiary/aromatic N) is 4. The number of hydrogen-bond acceptors (Lipinski definition) is 5. The van der Waals surface area contributed by atoms with Crippen LogP contribution in [0.1, 0.15) is 35.6 Å². The Labute approximate surface area is 158 Å². The summed E-state index contributed by atoms with van der Waals surface area (Å²) in [7, 11) is 0. The molecular weight excluding hydrogens is 344 g/mol. The van der Waals surface area contributed by atoms with Gasteiger partial charge in [-0.2, -0.15) is 0 Å². The number of piperidine rings is 1. The molecule has 0 aliphatic carbocycles. The second-order valence-corrected chi connectivity index (χ2v) is 7.81. The molecule has 2 aromatic rings. The van der Waals surface area contributed by atoms with E-state index in [2.05, 4.69) is 24.8 Å². The van der Waals surface area contributed by atoms with Crippen molar-refractivity contribution < 1.29 is 4.79 Å². The standard InChI is InChI=1S/C19H26N6O2/c1-12-17(22-11-21-12)10-24-7-14-3-4-16(9-24)25(8-14)18(26)5-15-6-20-13(2)23-19(15)27/h6,11,14,16H,3-5,7-10H2,1-2H3,(H,21,22)(H,20,23,27)/t14-,16+/m1/s1. The summed E-state index contributed by atoms with van der Waals surface area (Å²) in [6.07, 6.45) is 5.55. The van der Waals surface area contributed by atoms with E-state index in [0.29, 0.717) is 17.3 Å². The minimum Gasteiger partial charge on any atom is -0.348 e. The van der Waals surface area contributed by atoms with Crippen LogP contribution in [0.3, 0.4) is 0 Å². The van der Waals surface area contributed by atoms with Gasteiger partial charge in [-0.1, -0.05) is 0 Å². The maximum atomic E-state index is 12.9. The molecule has 2 aromatic heterocycles. The lowest BCUT2D eigenvalue weighted by Crippen LogP contribution is -2.48. The van der Waals surface area contributed by atoms with E-state index in [9.17, 15) is 9.59 Å². The van der Waals surface area contributed by atoms with Crippen molar-refractivity contribution in [2.24, 2.45) is 5.92 Å². The lowest BCUT2D eigenvalue weighted by molar-refractivity contribution is -0.134. The van der Waals surface area contributed by atoms with E-state index in [1.54, 1.807) is 13.3 Å². The van der Waals surface area contributed by atoms with Crippen molar-refractivity contribution in [3.05, 3.63) is 45.7 Å². The molecule has 0 aromatic carbocycles. The van der Waals surface area contributed by atoms with Crippen LogP contribution in [0.4, 0.5) is 0 Å². The summed E-state index contributed by atoms with van der Waals surface area (Å²) in [5, 5.41) is 0. The van der Waals surface area contributed by atoms with Crippen LogP contribution in [0.25, 0.3) is 0 Å². The van der Waals surface area contributed by atoms with E-state index in [1.807, 2.05) is 11.8 Å². The number of carbonyl (C=O) groups is 1. The predicted molar refractivity (Wildman–Crippen MR) is 100 cm³/mol. The summed E-state index contributed by atoms with van der Waals surface area (Å²) in [4.78, 5) is 43.8. The molecule has 3 saturated heterocycles. The van der Waals surface area contributed by atoms with E-state index in [0.717, 1.165) is 50.4 Å². The Balaban J connectivity index is 1.46. The highest BCUT2D eigenvalue weighted by atomic mass is 16.2. The van der Waals surface area contributed by atoms with Gasteiger partial charge in [0.05, 0.1) is 18.4 Å². The third kappa shape index (κ3) is 3.80. The maximum Gasteiger partial charge on any atom is 0.254 e. The molecule has 0 unspecified atom stereocenters. The number of aromatic amines is 2. The first kappa shape index (κ1) is 17.9. The van der Waals surface area contributed by atoms with Crippen LogP contribution in [0, 0.1) is 19.8 Å². The van der Waals surface area contributed by atoms with E-state index >= 15 is 0 Å². The van der Waals surface area contributed by atoms with Gasteiger partial charge in [-0.15, -0.1) is 0 Å². The van der Waals surface area contributed by atoms with Gasteiger partial charge in [0.15, 0.2) is 0 Å². The fourth-order valence-electron chi connectivity index (χ4n) is 4.27. The van der Waals surface area contributed by atoms with Gasteiger partial charge in [0.25, 0.3) is 5.56 Å². The summed E-state index contributed by atoms with van der Waals surface area (Å²) in [5.41, 5.74) is 2.40. The quantitative estimate of drug-likeness (QED) is 0.829. The normalized spacial score (nSPS) is 22.8. The molecule has 2 atom stereocenters. The summed E-state index contributed by atoms with van der Waals surface area (Å²) < 4.78 is 0. The molecule has 8 nitrogen and oxygen atoms in total. The highest BCUT2D eigenvalue weighted by Crippen LogP contribution is 2.29. The van der Waals surface area contributed by atoms with Gasteiger partial charge in [-0.25, -0.2) is 9.97 Å². The van der Waals surface area contributed by atoms with Crippen LogP contribution in [0.15, 0.2) is 17.3 Å². The second-order valence-electron chi connectivity index (χ2n) is 7.81. The molecule has 3 fully saturated rings. The maximum absolute atomic E-state index is 12.9. The molecular formula is C19H26N6O2. The molecule has 144 valence electrons. The van der Waals surface area contributed by atoms with Gasteiger partial charge >= 0.3 is 0 Å². The highest BCUT2D eigenvalue weighted by molar-refractivity contribution is 5.79. The molecule has 2 bridgehead atoms. The van der Waals surface area contributed by atoms with E-state index in [-0.39, 0.29) is 23.9 Å². The zero-order valence-electron chi connectivity index (χ0n) is 15.9. The summed E-state index contributed by atoms with van der Waals surface area (Å²) >= 11 is 0. The van der Waals surface area contributed by atoms with Crippen LogP contribution in [-0.4, -0.2) is 61.3 Å². The lowest BCUT2D eigenvalue weighted by Gasteiger charge is -2.36. The topological polar surface area (TPSA) is 98.0 Å². The number of H-pyrrole nitrogens is 2. The largest absolute Gasteiger partial charge is 0.348 e. The molecule has 5 heterocycles. The monoisotopic (exact) mass is 370 g/mol. The van der Waals surface area contributed by atoms with Crippen LogP contribution in [0.2, 0.25) is 0 Å². The van der Waals surface area contributed by atoms with Crippen LogP contribution < -0.4 is 5.56 Å². The number of nitrogens with one attached hydrogen (secondary N) is 2. The average molecular weight is 370 g/mol. The predicted octanol–water partition coefficient (Wildman–Crippen LogP) is 0.775. The van der Waals surface area contributed by atoms with E-state index in [1.165, 1.54) is 6.20 Å². The van der Waals surface area contributed by atoms with Gasteiger partial charge in [-0.3, -0.25) is 14.5 Å². The number of fused-ring (bicyclic) bond motifs is 4. The number of imidazole rings is 1. The highest BCUT2D eigenvalue weighted by Gasteiger charge is 2.37. The molecule has 0 saturated carbocycles. The first-order valence-corrected chi connectivity index (χ1v) is 9.55. The van der Waals surface area contributed by atoms with Crippen molar-refractivity contribution in [1.29, 1.82) is 0 Å². The van der Waals surface area contributed by atoms with Gasteiger partial charge in [-0.05, 0) is 32.6 Å².